The lowest BCUT2D eigenvalue weighted by Crippen LogP contribution is -2.47. The minimum absolute atomic E-state index is 0.118. The van der Waals surface area contributed by atoms with E-state index in [1.54, 1.807) is 32.0 Å². The van der Waals surface area contributed by atoms with Crippen LogP contribution in [0.5, 0.6) is 0 Å². The van der Waals surface area contributed by atoms with E-state index in [-0.39, 0.29) is 10.8 Å². The minimum Gasteiger partial charge on any atom is -0.347 e. The topological polar surface area (TPSA) is 84.9 Å². The summed E-state index contributed by atoms with van der Waals surface area (Å²) in [6.07, 6.45) is 1.06. The molecule has 25 heavy (non-hydrogen) atoms. The highest BCUT2D eigenvalue weighted by atomic mass is 32.2. The first-order chi connectivity index (χ1) is 11.7. The number of benzene rings is 1. The summed E-state index contributed by atoms with van der Waals surface area (Å²) in [5, 5.41) is 2.80. The van der Waals surface area contributed by atoms with E-state index in [9.17, 15) is 13.2 Å². The summed E-state index contributed by atoms with van der Waals surface area (Å²) < 4.78 is 38.8. The number of hydrogen-bond acceptors (Lipinski definition) is 5. The molecule has 2 fully saturated rings. The van der Waals surface area contributed by atoms with Crippen LogP contribution < -0.4 is 5.32 Å². The normalized spacial score (nSPS) is 25.1. The Morgan fingerprint density at radius 2 is 1.76 bits per heavy atom. The van der Waals surface area contributed by atoms with Gasteiger partial charge < -0.3 is 14.8 Å². The van der Waals surface area contributed by atoms with E-state index in [1.807, 2.05) is 0 Å². The van der Waals surface area contributed by atoms with Gasteiger partial charge in [0, 0.05) is 31.6 Å². The van der Waals surface area contributed by atoms with Crippen LogP contribution in [0.2, 0.25) is 0 Å². The summed E-state index contributed by atoms with van der Waals surface area (Å²) in [7, 11) is -3.61. The van der Waals surface area contributed by atoms with Gasteiger partial charge in [-0.15, -0.1) is 0 Å². The summed E-state index contributed by atoms with van der Waals surface area (Å²) in [4.78, 5) is 12.3. The molecule has 1 aromatic carbocycles. The van der Waals surface area contributed by atoms with Gasteiger partial charge in [0.05, 0.1) is 23.5 Å². The molecule has 7 nitrogen and oxygen atoms in total. The molecule has 0 unspecified atom stereocenters. The molecule has 0 aromatic heterocycles. The lowest BCUT2D eigenvalue weighted by molar-refractivity contribution is -0.179. The van der Waals surface area contributed by atoms with Crippen LogP contribution in [0, 0.1) is 0 Å². The zero-order chi connectivity index (χ0) is 17.9. The third-order valence-corrected chi connectivity index (χ3v) is 7.31. The van der Waals surface area contributed by atoms with Crippen molar-refractivity contribution in [2.45, 2.75) is 42.8 Å². The highest BCUT2D eigenvalue weighted by molar-refractivity contribution is 7.89. The number of carbonyl (C=O) groups is 1. The second-order valence-corrected chi connectivity index (χ2v) is 9.24. The molecular formula is C17H22N2O5S. The molecule has 4 rings (SSSR count). The Kier molecular flexibility index (Phi) is 3.74. The second kappa shape index (κ2) is 5.51. The lowest BCUT2D eigenvalue weighted by Gasteiger charge is -2.36. The number of carbonyl (C=O) groups excluding carboxylic acids is 1. The molecule has 0 atom stereocenters. The zero-order valence-corrected chi connectivity index (χ0v) is 15.2. The molecule has 1 amide bonds. The Morgan fingerprint density at radius 3 is 2.40 bits per heavy atom. The van der Waals surface area contributed by atoms with Crippen molar-refractivity contribution >= 4 is 21.6 Å². The van der Waals surface area contributed by atoms with Crippen LogP contribution >= 0.6 is 0 Å². The molecule has 3 aliphatic heterocycles. The van der Waals surface area contributed by atoms with Gasteiger partial charge >= 0.3 is 0 Å². The molecule has 0 saturated carbocycles. The Bertz CT molecular complexity index is 817. The first-order valence-corrected chi connectivity index (χ1v) is 9.93. The molecule has 136 valence electrons. The van der Waals surface area contributed by atoms with Crippen LogP contribution in [0.1, 0.15) is 32.3 Å². The fourth-order valence-corrected chi connectivity index (χ4v) is 5.18. The largest absolute Gasteiger partial charge is 0.347 e. The van der Waals surface area contributed by atoms with Crippen molar-refractivity contribution in [2.24, 2.45) is 0 Å². The highest BCUT2D eigenvalue weighted by Crippen LogP contribution is 2.39. The van der Waals surface area contributed by atoms with E-state index in [2.05, 4.69) is 5.32 Å². The van der Waals surface area contributed by atoms with Gasteiger partial charge in [-0.25, -0.2) is 8.42 Å². The smallest absolute Gasteiger partial charge is 0.243 e. The fraction of sp³-hybridized carbons (Fsp3) is 0.588. The molecule has 0 radical (unpaired) electrons. The second-order valence-electron chi connectivity index (χ2n) is 7.30. The Hall–Kier alpha value is -1.48. The number of nitrogens with zero attached hydrogens (tertiary/aromatic N) is 1. The summed E-state index contributed by atoms with van der Waals surface area (Å²) in [5.41, 5.74) is 0.659. The van der Waals surface area contributed by atoms with Crippen molar-refractivity contribution < 1.29 is 22.7 Å². The number of rotatable bonds is 2. The molecule has 1 aromatic rings. The Balaban J connectivity index is 1.60. The van der Waals surface area contributed by atoms with Crippen LogP contribution in [0.4, 0.5) is 5.69 Å². The van der Waals surface area contributed by atoms with Crippen molar-refractivity contribution in [3.05, 3.63) is 23.8 Å². The van der Waals surface area contributed by atoms with Gasteiger partial charge in [0.1, 0.15) is 0 Å². The Labute approximate surface area is 147 Å². The van der Waals surface area contributed by atoms with Gasteiger partial charge in [-0.2, -0.15) is 4.31 Å². The molecule has 3 heterocycles. The highest BCUT2D eigenvalue weighted by Gasteiger charge is 2.44. The van der Waals surface area contributed by atoms with Gasteiger partial charge in [-0.1, -0.05) is 0 Å². The number of fused-ring (bicyclic) bond motifs is 1. The van der Waals surface area contributed by atoms with Crippen LogP contribution in [0.25, 0.3) is 0 Å². The van der Waals surface area contributed by atoms with Gasteiger partial charge in [-0.05, 0) is 37.6 Å². The standard InChI is InChI=1S/C17H22N2O5S/c1-16(2)13-11-12(3-4-14(13)18-15(16)20)25(21,22)19-7-5-17(6-8-19)23-9-10-24-17/h3-4,11H,5-10H2,1-2H3,(H,18,20). The summed E-state index contributed by atoms with van der Waals surface area (Å²) in [6.45, 7) is 5.44. The zero-order valence-electron chi connectivity index (χ0n) is 14.4. The summed E-state index contributed by atoms with van der Waals surface area (Å²) in [6, 6.07) is 4.85. The van der Waals surface area contributed by atoms with Crippen molar-refractivity contribution in [1.82, 2.24) is 4.31 Å². The van der Waals surface area contributed by atoms with Gasteiger partial charge in [0.25, 0.3) is 0 Å². The average Bonchev–Trinajstić information content (AvgIpc) is 3.11. The van der Waals surface area contributed by atoms with E-state index in [0.717, 1.165) is 5.56 Å². The quantitative estimate of drug-likeness (QED) is 0.856. The van der Waals surface area contributed by atoms with Crippen molar-refractivity contribution in [2.75, 3.05) is 31.6 Å². The maximum Gasteiger partial charge on any atom is 0.243 e. The van der Waals surface area contributed by atoms with E-state index >= 15 is 0 Å². The van der Waals surface area contributed by atoms with Gasteiger partial charge in [0.2, 0.25) is 15.9 Å². The number of nitrogens with one attached hydrogen (secondary N) is 1. The fourth-order valence-electron chi connectivity index (χ4n) is 3.71. The number of piperidine rings is 1. The lowest BCUT2D eigenvalue weighted by atomic mass is 9.86. The van der Waals surface area contributed by atoms with Gasteiger partial charge in [-0.3, -0.25) is 4.79 Å². The van der Waals surface area contributed by atoms with Crippen LogP contribution in [0.15, 0.2) is 23.1 Å². The number of hydrogen-bond donors (Lipinski definition) is 1. The first kappa shape index (κ1) is 17.0. The predicted molar refractivity (Wildman–Crippen MR) is 90.7 cm³/mol. The van der Waals surface area contributed by atoms with Crippen LogP contribution in [0.3, 0.4) is 0 Å². The van der Waals surface area contributed by atoms with Crippen molar-refractivity contribution in [3.8, 4) is 0 Å². The third kappa shape index (κ3) is 2.59. The van der Waals surface area contributed by atoms with E-state index in [1.165, 1.54) is 4.31 Å². The molecule has 3 aliphatic rings. The molecule has 1 spiro atoms. The van der Waals surface area contributed by atoms with Crippen LogP contribution in [-0.4, -0.2) is 50.7 Å². The molecule has 1 N–H and O–H groups in total. The van der Waals surface area contributed by atoms with Crippen molar-refractivity contribution in [3.63, 3.8) is 0 Å². The number of anilines is 1. The maximum absolute atomic E-state index is 13.0. The SMILES string of the molecule is CC1(C)C(=O)Nc2ccc(S(=O)(=O)N3CCC4(CC3)OCCO4)cc21. The van der Waals surface area contributed by atoms with E-state index in [4.69, 9.17) is 9.47 Å². The molecule has 0 bridgehead atoms. The average molecular weight is 366 g/mol. The van der Waals surface area contributed by atoms with Gasteiger partial charge in [0.15, 0.2) is 5.79 Å². The minimum atomic E-state index is -3.61. The maximum atomic E-state index is 13.0. The molecule has 0 aliphatic carbocycles. The number of amides is 1. The summed E-state index contributed by atoms with van der Waals surface area (Å²) in [5.74, 6) is -0.727. The third-order valence-electron chi connectivity index (χ3n) is 5.42. The number of ether oxygens (including phenoxy) is 2. The van der Waals surface area contributed by atoms with E-state index in [0.29, 0.717) is 44.8 Å². The molecule has 2 saturated heterocycles. The summed E-state index contributed by atoms with van der Waals surface area (Å²) >= 11 is 0. The molecule has 8 heteroatoms. The Morgan fingerprint density at radius 1 is 1.12 bits per heavy atom. The molecular weight excluding hydrogens is 344 g/mol. The van der Waals surface area contributed by atoms with E-state index < -0.39 is 21.2 Å². The van der Waals surface area contributed by atoms with Crippen molar-refractivity contribution in [1.29, 1.82) is 0 Å². The monoisotopic (exact) mass is 366 g/mol. The number of sulfonamides is 1. The van der Waals surface area contributed by atoms with Crippen LogP contribution in [-0.2, 0) is 29.7 Å². The first-order valence-electron chi connectivity index (χ1n) is 8.49. The predicted octanol–water partition coefficient (Wildman–Crippen LogP) is 1.44.